The Balaban J connectivity index is 0.00000341. The van der Waals surface area contributed by atoms with Crippen molar-refractivity contribution in [3.63, 3.8) is 0 Å². The fraction of sp³-hybridized carbons (Fsp3) is 0.458. The van der Waals surface area contributed by atoms with Gasteiger partial charge in [0.2, 0.25) is 0 Å². The van der Waals surface area contributed by atoms with Gasteiger partial charge in [-0.05, 0) is 56.2 Å². The van der Waals surface area contributed by atoms with Gasteiger partial charge in [-0.15, -0.1) is 12.4 Å². The third-order valence-electron chi connectivity index (χ3n) is 5.28. The van der Waals surface area contributed by atoms with E-state index < -0.39 is 0 Å². The zero-order valence-corrected chi connectivity index (χ0v) is 19.9. The number of rotatable bonds is 9. The highest BCUT2D eigenvalue weighted by atomic mass is 35.5. The first-order valence-corrected chi connectivity index (χ1v) is 11.1. The Morgan fingerprint density at radius 2 is 1.81 bits per heavy atom. The number of nitrogens with one attached hydrogen (secondary N) is 1. The number of nitrogens with zero attached hydrogens (tertiary/aromatic N) is 2. The summed E-state index contributed by atoms with van der Waals surface area (Å²) in [6.45, 7) is 9.76. The van der Waals surface area contributed by atoms with Crippen molar-refractivity contribution >= 4 is 35.6 Å². The normalized spacial score (nSPS) is 14.4. The van der Waals surface area contributed by atoms with Crippen LogP contribution in [0.2, 0.25) is 5.02 Å². The molecule has 1 heterocycles. The van der Waals surface area contributed by atoms with E-state index in [4.69, 9.17) is 16.3 Å². The van der Waals surface area contributed by atoms with E-state index in [1.807, 2.05) is 55.1 Å². The lowest BCUT2D eigenvalue weighted by atomic mass is 10.1. The molecule has 2 aromatic carbocycles. The van der Waals surface area contributed by atoms with Crippen molar-refractivity contribution in [2.75, 3.05) is 51.2 Å². The Morgan fingerprint density at radius 3 is 2.48 bits per heavy atom. The van der Waals surface area contributed by atoms with Crippen molar-refractivity contribution in [1.29, 1.82) is 0 Å². The van der Waals surface area contributed by atoms with Gasteiger partial charge in [-0.3, -0.25) is 9.69 Å². The van der Waals surface area contributed by atoms with Crippen LogP contribution in [-0.2, 0) is 11.2 Å². The van der Waals surface area contributed by atoms with E-state index in [9.17, 15) is 4.79 Å². The van der Waals surface area contributed by atoms with E-state index in [0.29, 0.717) is 6.61 Å². The second-order valence-corrected chi connectivity index (χ2v) is 8.37. The highest BCUT2D eigenvalue weighted by molar-refractivity contribution is 6.30. The number of carbonyl (C=O) groups excluding carboxylic acids is 1. The average Bonchev–Trinajstić information content (AvgIpc) is 2.76. The Labute approximate surface area is 197 Å². The summed E-state index contributed by atoms with van der Waals surface area (Å²) < 4.78 is 5.55. The second-order valence-electron chi connectivity index (χ2n) is 7.94. The number of halogens is 2. The molecular weight excluding hydrogens is 433 g/mol. The lowest BCUT2D eigenvalue weighted by molar-refractivity contribution is 0.0638. The molecule has 0 bridgehead atoms. The Morgan fingerprint density at radius 1 is 1.10 bits per heavy atom. The minimum absolute atomic E-state index is 0. The van der Waals surface area contributed by atoms with Gasteiger partial charge in [-0.25, -0.2) is 0 Å². The number of hydrogen-bond acceptors (Lipinski definition) is 4. The zero-order chi connectivity index (χ0) is 21.3. The smallest absolute Gasteiger partial charge is 0.254 e. The zero-order valence-electron chi connectivity index (χ0n) is 18.4. The van der Waals surface area contributed by atoms with E-state index in [1.165, 1.54) is 5.56 Å². The molecule has 0 spiro atoms. The van der Waals surface area contributed by atoms with Crippen LogP contribution in [0.4, 0.5) is 5.69 Å². The molecule has 170 valence electrons. The van der Waals surface area contributed by atoms with Gasteiger partial charge in [0.15, 0.2) is 0 Å². The van der Waals surface area contributed by atoms with Crippen LogP contribution >= 0.6 is 24.0 Å². The lowest BCUT2D eigenvalue weighted by Crippen LogP contribution is -2.49. The maximum Gasteiger partial charge on any atom is 0.254 e. The van der Waals surface area contributed by atoms with Crippen molar-refractivity contribution in [3.05, 3.63) is 64.7 Å². The first-order chi connectivity index (χ1) is 14.5. The third-order valence-corrected chi connectivity index (χ3v) is 5.53. The molecule has 0 aliphatic carbocycles. The maximum atomic E-state index is 12.9. The molecule has 1 fully saturated rings. The SMILES string of the molecule is CC(C)OCCNc1cccc(C(=O)N2CCN(CCc3ccc(Cl)cc3)CC2)c1.Cl. The second kappa shape index (κ2) is 12.9. The van der Waals surface area contributed by atoms with Crippen molar-refractivity contribution in [2.45, 2.75) is 26.4 Å². The summed E-state index contributed by atoms with van der Waals surface area (Å²) in [5.74, 6) is 0.106. The molecule has 0 atom stereocenters. The van der Waals surface area contributed by atoms with E-state index in [1.54, 1.807) is 0 Å². The van der Waals surface area contributed by atoms with Crippen LogP contribution < -0.4 is 5.32 Å². The monoisotopic (exact) mass is 465 g/mol. The lowest BCUT2D eigenvalue weighted by Gasteiger charge is -2.34. The molecule has 1 N–H and O–H groups in total. The molecule has 31 heavy (non-hydrogen) atoms. The quantitative estimate of drug-likeness (QED) is 0.549. The number of piperazine rings is 1. The molecule has 0 radical (unpaired) electrons. The first kappa shape index (κ1) is 25.5. The van der Waals surface area contributed by atoms with Crippen LogP contribution in [0.5, 0.6) is 0 Å². The molecule has 0 unspecified atom stereocenters. The summed E-state index contributed by atoms with van der Waals surface area (Å²) >= 11 is 5.95. The highest BCUT2D eigenvalue weighted by Crippen LogP contribution is 2.15. The summed E-state index contributed by atoms with van der Waals surface area (Å²) in [4.78, 5) is 17.3. The first-order valence-electron chi connectivity index (χ1n) is 10.7. The molecule has 3 rings (SSSR count). The molecule has 1 amide bonds. The summed E-state index contributed by atoms with van der Waals surface area (Å²) in [6, 6.07) is 15.8. The molecule has 1 aliphatic rings. The number of ether oxygens (including phenoxy) is 1. The predicted octanol–water partition coefficient (Wildman–Crippen LogP) is 4.60. The van der Waals surface area contributed by atoms with Crippen molar-refractivity contribution in [1.82, 2.24) is 9.80 Å². The van der Waals surface area contributed by atoms with E-state index in [0.717, 1.165) is 62.0 Å². The molecule has 0 aromatic heterocycles. The average molecular weight is 466 g/mol. The van der Waals surface area contributed by atoms with Gasteiger partial charge in [0.1, 0.15) is 0 Å². The molecular formula is C24H33Cl2N3O2. The Bertz CT molecular complexity index is 807. The minimum Gasteiger partial charge on any atom is -0.383 e. The summed E-state index contributed by atoms with van der Waals surface area (Å²) in [5.41, 5.74) is 2.98. The fourth-order valence-corrected chi connectivity index (χ4v) is 3.67. The molecule has 0 saturated carbocycles. The predicted molar refractivity (Wildman–Crippen MR) is 131 cm³/mol. The van der Waals surface area contributed by atoms with Crippen molar-refractivity contribution in [2.24, 2.45) is 0 Å². The third kappa shape index (κ3) is 8.34. The number of anilines is 1. The van der Waals surface area contributed by atoms with Crippen LogP contribution in [0.25, 0.3) is 0 Å². The van der Waals surface area contributed by atoms with Crippen molar-refractivity contribution in [3.8, 4) is 0 Å². The molecule has 1 saturated heterocycles. The summed E-state index contributed by atoms with van der Waals surface area (Å²) in [5, 5.41) is 4.10. The van der Waals surface area contributed by atoms with Crippen molar-refractivity contribution < 1.29 is 9.53 Å². The summed E-state index contributed by atoms with van der Waals surface area (Å²) in [6.07, 6.45) is 1.23. The van der Waals surface area contributed by atoms with Gasteiger partial charge in [-0.1, -0.05) is 29.8 Å². The van der Waals surface area contributed by atoms with Crippen LogP contribution in [0.15, 0.2) is 48.5 Å². The maximum absolute atomic E-state index is 12.9. The Hall–Kier alpha value is -1.79. The van der Waals surface area contributed by atoms with Crippen LogP contribution in [0, 0.1) is 0 Å². The highest BCUT2D eigenvalue weighted by Gasteiger charge is 2.22. The molecule has 2 aromatic rings. The largest absolute Gasteiger partial charge is 0.383 e. The van der Waals surface area contributed by atoms with E-state index in [2.05, 4.69) is 22.3 Å². The van der Waals surface area contributed by atoms with Gasteiger partial charge in [0.05, 0.1) is 12.7 Å². The Kier molecular flexibility index (Phi) is 10.6. The van der Waals surface area contributed by atoms with Gasteiger partial charge < -0.3 is 15.0 Å². The number of amides is 1. The molecule has 5 nitrogen and oxygen atoms in total. The molecule has 7 heteroatoms. The van der Waals surface area contributed by atoms with Gasteiger partial charge >= 0.3 is 0 Å². The number of carbonyl (C=O) groups is 1. The fourth-order valence-electron chi connectivity index (χ4n) is 3.55. The standard InChI is InChI=1S/C24H32ClN3O2.ClH/c1-19(2)30-17-11-26-23-5-3-4-21(18-23)24(29)28-15-13-27(14-16-28)12-10-20-6-8-22(25)9-7-20;/h3-9,18-19,26H,10-17H2,1-2H3;1H. The summed E-state index contributed by atoms with van der Waals surface area (Å²) in [7, 11) is 0. The van der Waals surface area contributed by atoms with Crippen LogP contribution in [0.3, 0.4) is 0 Å². The van der Waals surface area contributed by atoms with Gasteiger partial charge in [-0.2, -0.15) is 0 Å². The minimum atomic E-state index is 0. The topological polar surface area (TPSA) is 44.8 Å². The molecule has 1 aliphatic heterocycles. The van der Waals surface area contributed by atoms with Crippen LogP contribution in [-0.4, -0.2) is 67.7 Å². The van der Waals surface area contributed by atoms with E-state index in [-0.39, 0.29) is 24.4 Å². The number of hydrogen-bond donors (Lipinski definition) is 1. The number of benzene rings is 2. The van der Waals surface area contributed by atoms with E-state index >= 15 is 0 Å². The van der Waals surface area contributed by atoms with Gasteiger partial charge in [0, 0.05) is 55.5 Å². The van der Waals surface area contributed by atoms with Crippen LogP contribution in [0.1, 0.15) is 29.8 Å². The van der Waals surface area contributed by atoms with Gasteiger partial charge in [0.25, 0.3) is 5.91 Å².